The van der Waals surface area contributed by atoms with Crippen LogP contribution in [0, 0.1) is 0 Å². The largest absolute Gasteiger partial charge is 0.378 e. The molecule has 0 saturated carbocycles. The van der Waals surface area contributed by atoms with E-state index >= 15 is 0 Å². The van der Waals surface area contributed by atoms with E-state index in [0.29, 0.717) is 31.2 Å². The molecule has 1 aromatic carbocycles. The zero-order chi connectivity index (χ0) is 16.6. The standard InChI is InChI=1S/C16H22N2O4S/c1-12-11-22-9-8-18(12)23(20,21)15-5-6-16-14(10-15)4-3-7-17(16)13(2)19/h5-6,10,12H,3-4,7-9,11H2,1-2H3. The number of sulfonamides is 1. The molecule has 0 aromatic heterocycles. The predicted octanol–water partition coefficient (Wildman–Crippen LogP) is 1.40. The van der Waals surface area contributed by atoms with Gasteiger partial charge < -0.3 is 9.64 Å². The number of aryl methyl sites for hydroxylation is 1. The van der Waals surface area contributed by atoms with Gasteiger partial charge in [0.05, 0.1) is 18.1 Å². The summed E-state index contributed by atoms with van der Waals surface area (Å²) in [6.07, 6.45) is 1.64. The van der Waals surface area contributed by atoms with Crippen molar-refractivity contribution in [3.63, 3.8) is 0 Å². The number of nitrogens with zero attached hydrogens (tertiary/aromatic N) is 2. The zero-order valence-electron chi connectivity index (χ0n) is 13.5. The van der Waals surface area contributed by atoms with Crippen molar-refractivity contribution in [1.29, 1.82) is 0 Å². The summed E-state index contributed by atoms with van der Waals surface area (Å²) >= 11 is 0. The molecular weight excluding hydrogens is 316 g/mol. The normalized spacial score (nSPS) is 22.7. The highest BCUT2D eigenvalue weighted by atomic mass is 32.2. The number of ether oxygens (including phenoxy) is 1. The minimum Gasteiger partial charge on any atom is -0.378 e. The molecule has 1 unspecified atom stereocenters. The highest BCUT2D eigenvalue weighted by Crippen LogP contribution is 2.31. The molecule has 1 saturated heterocycles. The Labute approximate surface area is 137 Å². The number of rotatable bonds is 2. The minimum absolute atomic E-state index is 0.0108. The van der Waals surface area contributed by atoms with Crippen LogP contribution in [0.15, 0.2) is 23.1 Å². The van der Waals surface area contributed by atoms with Crippen LogP contribution in [0.1, 0.15) is 25.8 Å². The Morgan fingerprint density at radius 2 is 2.09 bits per heavy atom. The molecule has 6 nitrogen and oxygen atoms in total. The van der Waals surface area contributed by atoms with E-state index in [2.05, 4.69) is 0 Å². The highest BCUT2D eigenvalue weighted by Gasteiger charge is 2.32. The van der Waals surface area contributed by atoms with Gasteiger partial charge in [0.15, 0.2) is 0 Å². The summed E-state index contributed by atoms with van der Waals surface area (Å²) in [5.74, 6) is -0.0108. The monoisotopic (exact) mass is 338 g/mol. The van der Waals surface area contributed by atoms with Crippen LogP contribution in [0.4, 0.5) is 5.69 Å². The first-order valence-electron chi connectivity index (χ1n) is 7.92. The molecule has 126 valence electrons. The lowest BCUT2D eigenvalue weighted by atomic mass is 10.0. The number of anilines is 1. The second kappa shape index (κ2) is 6.22. The van der Waals surface area contributed by atoms with E-state index in [4.69, 9.17) is 4.74 Å². The summed E-state index contributed by atoms with van der Waals surface area (Å²) in [6.45, 7) is 5.30. The molecule has 0 N–H and O–H groups in total. The van der Waals surface area contributed by atoms with Crippen LogP contribution in [-0.4, -0.2) is 51.0 Å². The lowest BCUT2D eigenvalue weighted by molar-refractivity contribution is -0.116. The maximum Gasteiger partial charge on any atom is 0.243 e. The average molecular weight is 338 g/mol. The fraction of sp³-hybridized carbons (Fsp3) is 0.562. The molecule has 1 fully saturated rings. The summed E-state index contributed by atoms with van der Waals surface area (Å²) in [7, 11) is -3.53. The maximum absolute atomic E-state index is 12.9. The quantitative estimate of drug-likeness (QED) is 0.817. The van der Waals surface area contributed by atoms with Crippen LogP contribution < -0.4 is 4.90 Å². The van der Waals surface area contributed by atoms with Gasteiger partial charge in [0.1, 0.15) is 0 Å². The molecule has 23 heavy (non-hydrogen) atoms. The van der Waals surface area contributed by atoms with Gasteiger partial charge in [-0.1, -0.05) is 0 Å². The molecule has 0 aliphatic carbocycles. The van der Waals surface area contributed by atoms with Crippen LogP contribution in [0.2, 0.25) is 0 Å². The first-order chi connectivity index (χ1) is 10.9. The number of morpholine rings is 1. The van der Waals surface area contributed by atoms with E-state index in [0.717, 1.165) is 24.1 Å². The van der Waals surface area contributed by atoms with E-state index in [1.165, 1.54) is 11.2 Å². The lowest BCUT2D eigenvalue weighted by Crippen LogP contribution is -2.47. The van der Waals surface area contributed by atoms with Gasteiger partial charge >= 0.3 is 0 Å². The molecule has 2 aliphatic rings. The molecule has 0 spiro atoms. The zero-order valence-corrected chi connectivity index (χ0v) is 14.3. The van der Waals surface area contributed by atoms with Gasteiger partial charge in [-0.15, -0.1) is 0 Å². The van der Waals surface area contributed by atoms with Crippen molar-refractivity contribution in [1.82, 2.24) is 4.31 Å². The second-order valence-corrected chi connectivity index (χ2v) is 7.99. The Morgan fingerprint density at radius 3 is 2.78 bits per heavy atom. The third-order valence-electron chi connectivity index (χ3n) is 4.46. The van der Waals surface area contributed by atoms with Crippen molar-refractivity contribution in [2.75, 3.05) is 31.2 Å². The van der Waals surface area contributed by atoms with Crippen LogP contribution >= 0.6 is 0 Å². The number of fused-ring (bicyclic) bond motifs is 1. The summed E-state index contributed by atoms with van der Waals surface area (Å²) in [5.41, 5.74) is 1.76. The van der Waals surface area contributed by atoms with Gasteiger partial charge in [-0.2, -0.15) is 4.31 Å². The lowest BCUT2D eigenvalue weighted by Gasteiger charge is -2.33. The molecule has 7 heteroatoms. The van der Waals surface area contributed by atoms with E-state index < -0.39 is 10.0 Å². The molecule has 1 aromatic rings. The minimum atomic E-state index is -3.53. The average Bonchev–Trinajstić information content (AvgIpc) is 2.53. The van der Waals surface area contributed by atoms with E-state index in [1.807, 2.05) is 6.92 Å². The molecule has 0 radical (unpaired) electrons. The first kappa shape index (κ1) is 16.4. The second-order valence-electron chi connectivity index (χ2n) is 6.10. The number of carbonyl (C=O) groups excluding carboxylic acids is 1. The van der Waals surface area contributed by atoms with Crippen molar-refractivity contribution in [2.45, 2.75) is 37.6 Å². The van der Waals surface area contributed by atoms with Gasteiger partial charge in [0.25, 0.3) is 0 Å². The summed E-state index contributed by atoms with van der Waals surface area (Å²) < 4.78 is 32.6. The fourth-order valence-electron chi connectivity index (χ4n) is 3.27. The van der Waals surface area contributed by atoms with Crippen LogP contribution in [-0.2, 0) is 26.0 Å². The predicted molar refractivity (Wildman–Crippen MR) is 87.0 cm³/mol. The molecule has 1 amide bonds. The molecule has 2 aliphatic heterocycles. The van der Waals surface area contributed by atoms with Crippen LogP contribution in [0.3, 0.4) is 0 Å². The number of hydrogen-bond acceptors (Lipinski definition) is 4. The molecule has 0 bridgehead atoms. The van der Waals surface area contributed by atoms with Crippen LogP contribution in [0.5, 0.6) is 0 Å². The van der Waals surface area contributed by atoms with Crippen molar-refractivity contribution in [3.8, 4) is 0 Å². The summed E-state index contributed by atoms with van der Waals surface area (Å²) in [4.78, 5) is 13.7. The Bertz CT molecular complexity index is 717. The molecule has 1 atom stereocenters. The van der Waals surface area contributed by atoms with Gasteiger partial charge in [0, 0.05) is 31.7 Å². The summed E-state index contributed by atoms with van der Waals surface area (Å²) in [5, 5.41) is 0. The SMILES string of the molecule is CC(=O)N1CCCc2cc(S(=O)(=O)N3CCOCC3C)ccc21. The molecular formula is C16H22N2O4S. The molecule has 2 heterocycles. The van der Waals surface area contributed by atoms with Gasteiger partial charge in [-0.25, -0.2) is 8.42 Å². The Kier molecular flexibility index (Phi) is 4.44. The molecule has 3 rings (SSSR count). The third kappa shape index (κ3) is 3.00. The van der Waals surface area contributed by atoms with E-state index in [1.54, 1.807) is 23.1 Å². The fourth-order valence-corrected chi connectivity index (χ4v) is 4.92. The van der Waals surface area contributed by atoms with Crippen molar-refractivity contribution >= 4 is 21.6 Å². The van der Waals surface area contributed by atoms with E-state index in [-0.39, 0.29) is 11.9 Å². The smallest absolute Gasteiger partial charge is 0.243 e. The van der Waals surface area contributed by atoms with Crippen molar-refractivity contribution in [2.24, 2.45) is 0 Å². The van der Waals surface area contributed by atoms with Crippen LogP contribution in [0.25, 0.3) is 0 Å². The van der Waals surface area contributed by atoms with Crippen molar-refractivity contribution in [3.05, 3.63) is 23.8 Å². The van der Waals surface area contributed by atoms with Gasteiger partial charge in [0.2, 0.25) is 15.9 Å². The summed E-state index contributed by atoms with van der Waals surface area (Å²) in [6, 6.07) is 4.92. The number of benzene rings is 1. The van der Waals surface area contributed by atoms with Gasteiger partial charge in [-0.05, 0) is 43.5 Å². The van der Waals surface area contributed by atoms with Gasteiger partial charge in [-0.3, -0.25) is 4.79 Å². The number of amides is 1. The topological polar surface area (TPSA) is 66.9 Å². The Hall–Kier alpha value is -1.44. The first-order valence-corrected chi connectivity index (χ1v) is 9.36. The number of carbonyl (C=O) groups is 1. The Morgan fingerprint density at radius 1 is 1.30 bits per heavy atom. The number of hydrogen-bond donors (Lipinski definition) is 0. The maximum atomic E-state index is 12.9. The highest BCUT2D eigenvalue weighted by molar-refractivity contribution is 7.89. The van der Waals surface area contributed by atoms with Crippen molar-refractivity contribution < 1.29 is 17.9 Å². The van der Waals surface area contributed by atoms with E-state index in [9.17, 15) is 13.2 Å². The Balaban J connectivity index is 1.96. The third-order valence-corrected chi connectivity index (χ3v) is 6.47.